The maximum absolute atomic E-state index is 8.96. The molecule has 0 aliphatic rings. The van der Waals surface area contributed by atoms with E-state index in [4.69, 9.17) is 5.11 Å². The third-order valence-electron chi connectivity index (χ3n) is 3.13. The highest BCUT2D eigenvalue weighted by Crippen LogP contribution is 2.21. The second-order valence-electron chi connectivity index (χ2n) is 4.98. The molecule has 0 aliphatic heterocycles. The van der Waals surface area contributed by atoms with E-state index >= 15 is 0 Å². The topological polar surface area (TPSA) is 37.2 Å². The number of hydrogen-bond acceptors (Lipinski definition) is 2. The molecule has 0 unspecified atom stereocenters. The van der Waals surface area contributed by atoms with E-state index in [0.717, 1.165) is 19.5 Å². The molecule has 1 heterocycles. The molecule has 0 radical (unpaired) electrons. The third kappa shape index (κ3) is 2.92. The van der Waals surface area contributed by atoms with E-state index in [0.29, 0.717) is 6.04 Å². The van der Waals surface area contributed by atoms with Crippen LogP contribution in [0.1, 0.15) is 25.8 Å². The number of aromatic nitrogens is 1. The SMILES string of the molecule is CC(C)NCc1cn(CCCO)c2ccccc12. The molecular formula is C15H22N2O. The number of aryl methyl sites for hydroxylation is 1. The number of fused-ring (bicyclic) bond motifs is 1. The van der Waals surface area contributed by atoms with Crippen molar-refractivity contribution in [2.45, 2.75) is 39.4 Å². The predicted octanol–water partition coefficient (Wildman–Crippen LogP) is 2.52. The molecule has 0 amide bonds. The van der Waals surface area contributed by atoms with Gasteiger partial charge in [0.2, 0.25) is 0 Å². The van der Waals surface area contributed by atoms with Gasteiger partial charge in [-0.25, -0.2) is 0 Å². The molecule has 0 spiro atoms. The van der Waals surface area contributed by atoms with Gasteiger partial charge in [0.15, 0.2) is 0 Å². The molecule has 0 saturated carbocycles. The van der Waals surface area contributed by atoms with Gasteiger partial charge in [0.25, 0.3) is 0 Å². The Balaban J connectivity index is 2.28. The highest BCUT2D eigenvalue weighted by molar-refractivity contribution is 5.83. The number of nitrogens with zero attached hydrogens (tertiary/aromatic N) is 1. The van der Waals surface area contributed by atoms with Crippen molar-refractivity contribution < 1.29 is 5.11 Å². The second kappa shape index (κ2) is 6.03. The molecule has 2 rings (SSSR count). The average molecular weight is 246 g/mol. The van der Waals surface area contributed by atoms with E-state index < -0.39 is 0 Å². The fourth-order valence-corrected chi connectivity index (χ4v) is 2.20. The minimum absolute atomic E-state index is 0.242. The van der Waals surface area contributed by atoms with E-state index in [2.05, 4.69) is 54.2 Å². The van der Waals surface area contributed by atoms with Crippen LogP contribution in [0.15, 0.2) is 30.5 Å². The van der Waals surface area contributed by atoms with Gasteiger partial charge >= 0.3 is 0 Å². The lowest BCUT2D eigenvalue weighted by atomic mass is 10.2. The first-order chi connectivity index (χ1) is 8.72. The molecule has 18 heavy (non-hydrogen) atoms. The number of para-hydroxylation sites is 1. The molecule has 1 aromatic carbocycles. The summed E-state index contributed by atoms with van der Waals surface area (Å²) in [7, 11) is 0. The van der Waals surface area contributed by atoms with Crippen molar-refractivity contribution in [3.63, 3.8) is 0 Å². The van der Waals surface area contributed by atoms with E-state index in [1.807, 2.05) is 0 Å². The molecule has 2 N–H and O–H groups in total. The van der Waals surface area contributed by atoms with Gasteiger partial charge in [-0.3, -0.25) is 0 Å². The van der Waals surface area contributed by atoms with Crippen LogP contribution in [0.3, 0.4) is 0 Å². The van der Waals surface area contributed by atoms with Gasteiger partial charge in [-0.05, 0) is 18.1 Å². The van der Waals surface area contributed by atoms with Gasteiger partial charge in [-0.15, -0.1) is 0 Å². The van der Waals surface area contributed by atoms with Crippen molar-refractivity contribution in [1.29, 1.82) is 0 Å². The quantitative estimate of drug-likeness (QED) is 0.822. The van der Waals surface area contributed by atoms with Crippen LogP contribution in [0.25, 0.3) is 10.9 Å². The monoisotopic (exact) mass is 246 g/mol. The number of rotatable bonds is 6. The molecule has 3 heteroatoms. The second-order valence-corrected chi connectivity index (χ2v) is 4.98. The summed E-state index contributed by atoms with van der Waals surface area (Å²) in [6.45, 7) is 6.32. The highest BCUT2D eigenvalue weighted by atomic mass is 16.3. The zero-order chi connectivity index (χ0) is 13.0. The van der Waals surface area contributed by atoms with Crippen molar-refractivity contribution in [2.24, 2.45) is 0 Å². The maximum Gasteiger partial charge on any atom is 0.0483 e. The fourth-order valence-electron chi connectivity index (χ4n) is 2.20. The molecule has 0 fully saturated rings. The average Bonchev–Trinajstić information content (AvgIpc) is 2.72. The lowest BCUT2D eigenvalue weighted by Crippen LogP contribution is -2.21. The molecule has 2 aromatic rings. The van der Waals surface area contributed by atoms with Gasteiger partial charge in [-0.1, -0.05) is 32.0 Å². The summed E-state index contributed by atoms with van der Waals surface area (Å²) < 4.78 is 2.24. The van der Waals surface area contributed by atoms with Crippen LogP contribution >= 0.6 is 0 Å². The van der Waals surface area contributed by atoms with E-state index in [1.165, 1.54) is 16.5 Å². The van der Waals surface area contributed by atoms with Crippen LogP contribution in [0.5, 0.6) is 0 Å². The van der Waals surface area contributed by atoms with Crippen molar-refractivity contribution in [3.05, 3.63) is 36.0 Å². The van der Waals surface area contributed by atoms with Crippen LogP contribution in [0, 0.1) is 0 Å². The van der Waals surface area contributed by atoms with Crippen LogP contribution in [-0.4, -0.2) is 22.3 Å². The zero-order valence-corrected chi connectivity index (χ0v) is 11.2. The van der Waals surface area contributed by atoms with Crippen molar-refractivity contribution in [2.75, 3.05) is 6.61 Å². The summed E-state index contributed by atoms with van der Waals surface area (Å²) in [5, 5.41) is 13.7. The van der Waals surface area contributed by atoms with Crippen molar-refractivity contribution >= 4 is 10.9 Å². The number of aliphatic hydroxyl groups is 1. The number of benzene rings is 1. The Kier molecular flexibility index (Phi) is 4.39. The Hall–Kier alpha value is -1.32. The lowest BCUT2D eigenvalue weighted by Gasteiger charge is -2.06. The summed E-state index contributed by atoms with van der Waals surface area (Å²) in [6.07, 6.45) is 3.01. The number of nitrogens with one attached hydrogen (secondary N) is 1. The zero-order valence-electron chi connectivity index (χ0n) is 11.2. The van der Waals surface area contributed by atoms with E-state index in [9.17, 15) is 0 Å². The maximum atomic E-state index is 8.96. The summed E-state index contributed by atoms with van der Waals surface area (Å²) >= 11 is 0. The Morgan fingerprint density at radius 1 is 1.28 bits per heavy atom. The molecule has 1 aromatic heterocycles. The molecule has 0 saturated heterocycles. The number of hydrogen-bond donors (Lipinski definition) is 2. The highest BCUT2D eigenvalue weighted by Gasteiger charge is 2.07. The predicted molar refractivity (Wildman–Crippen MR) is 75.6 cm³/mol. The third-order valence-corrected chi connectivity index (χ3v) is 3.13. The first-order valence-electron chi connectivity index (χ1n) is 6.63. The van der Waals surface area contributed by atoms with Gasteiger partial charge in [0, 0.05) is 42.8 Å². The van der Waals surface area contributed by atoms with Crippen LogP contribution in [-0.2, 0) is 13.1 Å². The Morgan fingerprint density at radius 2 is 2.06 bits per heavy atom. The largest absolute Gasteiger partial charge is 0.396 e. The van der Waals surface area contributed by atoms with Crippen LogP contribution < -0.4 is 5.32 Å². The van der Waals surface area contributed by atoms with Crippen molar-refractivity contribution in [3.8, 4) is 0 Å². The summed E-state index contributed by atoms with van der Waals surface area (Å²) in [5.41, 5.74) is 2.59. The lowest BCUT2D eigenvalue weighted by molar-refractivity contribution is 0.280. The van der Waals surface area contributed by atoms with E-state index in [-0.39, 0.29) is 6.61 Å². The van der Waals surface area contributed by atoms with Crippen LogP contribution in [0.4, 0.5) is 0 Å². The Morgan fingerprint density at radius 3 is 2.78 bits per heavy atom. The molecule has 0 aliphatic carbocycles. The minimum atomic E-state index is 0.242. The normalized spacial score (nSPS) is 11.6. The van der Waals surface area contributed by atoms with Gasteiger partial charge < -0.3 is 15.0 Å². The van der Waals surface area contributed by atoms with Crippen LogP contribution in [0.2, 0.25) is 0 Å². The smallest absolute Gasteiger partial charge is 0.0483 e. The Labute approximate surface area is 108 Å². The molecule has 98 valence electrons. The fraction of sp³-hybridized carbons (Fsp3) is 0.467. The number of aliphatic hydroxyl groups excluding tert-OH is 1. The first kappa shape index (κ1) is 13.1. The molecule has 0 atom stereocenters. The Bertz CT molecular complexity index is 502. The minimum Gasteiger partial charge on any atom is -0.396 e. The summed E-state index contributed by atoms with van der Waals surface area (Å²) in [5.74, 6) is 0. The standard InChI is InChI=1S/C15H22N2O/c1-12(2)16-10-13-11-17(8-5-9-18)15-7-4-3-6-14(13)15/h3-4,6-7,11-12,16,18H,5,8-10H2,1-2H3. The molecular weight excluding hydrogens is 224 g/mol. The molecule has 0 bridgehead atoms. The van der Waals surface area contributed by atoms with Gasteiger partial charge in [0.05, 0.1) is 0 Å². The first-order valence-corrected chi connectivity index (χ1v) is 6.63. The summed E-state index contributed by atoms with van der Waals surface area (Å²) in [6, 6.07) is 8.95. The van der Waals surface area contributed by atoms with Gasteiger partial charge in [-0.2, -0.15) is 0 Å². The van der Waals surface area contributed by atoms with Gasteiger partial charge in [0.1, 0.15) is 0 Å². The van der Waals surface area contributed by atoms with Crippen molar-refractivity contribution in [1.82, 2.24) is 9.88 Å². The summed E-state index contributed by atoms with van der Waals surface area (Å²) in [4.78, 5) is 0. The molecule has 3 nitrogen and oxygen atoms in total. The van der Waals surface area contributed by atoms with E-state index in [1.54, 1.807) is 0 Å².